The van der Waals surface area contributed by atoms with Crippen molar-refractivity contribution >= 4 is 22.7 Å². The van der Waals surface area contributed by atoms with E-state index in [1.165, 1.54) is 0 Å². The van der Waals surface area contributed by atoms with E-state index in [2.05, 4.69) is 15.0 Å². The number of benzene rings is 2. The molecule has 0 spiro atoms. The number of pyridine rings is 1. The highest BCUT2D eigenvalue weighted by atomic mass is 16.5. The van der Waals surface area contributed by atoms with Gasteiger partial charge in [0.1, 0.15) is 5.75 Å². The largest absolute Gasteiger partial charge is 0.439 e. The smallest absolute Gasteiger partial charge is 0.228 e. The highest BCUT2D eigenvalue weighted by Crippen LogP contribution is 2.36. The number of H-pyrrole nitrogens is 1. The second-order valence-electron chi connectivity index (χ2n) is 8.18. The van der Waals surface area contributed by atoms with E-state index in [1.807, 2.05) is 41.3 Å². The Hall–Kier alpha value is -4.00. The van der Waals surface area contributed by atoms with Crippen molar-refractivity contribution in [2.75, 3.05) is 6.54 Å². The topological polar surface area (TPSA) is 88.2 Å². The van der Waals surface area contributed by atoms with Crippen molar-refractivity contribution in [3.05, 3.63) is 83.8 Å². The first-order chi connectivity index (χ1) is 16.1. The third-order valence-corrected chi connectivity index (χ3v) is 6.00. The number of nitrogens with one attached hydrogen (secondary N) is 1. The molecule has 1 N–H and O–H groups in total. The van der Waals surface area contributed by atoms with E-state index in [1.54, 1.807) is 37.4 Å². The van der Waals surface area contributed by atoms with Gasteiger partial charge in [0.05, 0.1) is 17.1 Å². The monoisotopic (exact) mass is 440 g/mol. The van der Waals surface area contributed by atoms with Crippen LogP contribution in [0.5, 0.6) is 11.6 Å². The molecule has 3 heterocycles. The summed E-state index contributed by atoms with van der Waals surface area (Å²) < 4.78 is 6.10. The summed E-state index contributed by atoms with van der Waals surface area (Å²) in [6.45, 7) is 2.35. The van der Waals surface area contributed by atoms with Gasteiger partial charge in [0.2, 0.25) is 17.6 Å². The molecule has 166 valence electrons. The van der Waals surface area contributed by atoms with Crippen LogP contribution >= 0.6 is 0 Å². The van der Waals surface area contributed by atoms with Gasteiger partial charge in [0, 0.05) is 30.8 Å². The minimum atomic E-state index is -0.185. The first kappa shape index (κ1) is 20.9. The number of piperidine rings is 1. The Bertz CT molecular complexity index is 1280. The third-order valence-electron chi connectivity index (χ3n) is 6.00. The molecule has 1 aliphatic heterocycles. The molecule has 0 aliphatic carbocycles. The molecule has 33 heavy (non-hydrogen) atoms. The lowest BCUT2D eigenvalue weighted by atomic mass is 9.96. The van der Waals surface area contributed by atoms with Crippen molar-refractivity contribution in [1.29, 1.82) is 0 Å². The molecule has 1 amide bonds. The van der Waals surface area contributed by atoms with E-state index in [0.717, 1.165) is 42.4 Å². The molecule has 5 rings (SSSR count). The van der Waals surface area contributed by atoms with Gasteiger partial charge < -0.3 is 14.6 Å². The summed E-state index contributed by atoms with van der Waals surface area (Å²) in [7, 11) is 0. The van der Waals surface area contributed by atoms with E-state index in [4.69, 9.17) is 4.74 Å². The van der Waals surface area contributed by atoms with Crippen molar-refractivity contribution in [1.82, 2.24) is 19.9 Å². The quantitative estimate of drug-likeness (QED) is 0.439. The molecule has 0 saturated carbocycles. The van der Waals surface area contributed by atoms with Crippen LogP contribution in [0.4, 0.5) is 0 Å². The van der Waals surface area contributed by atoms with E-state index in [9.17, 15) is 9.59 Å². The zero-order valence-corrected chi connectivity index (χ0v) is 18.3. The molecule has 2 aromatic carbocycles. The lowest BCUT2D eigenvalue weighted by Crippen LogP contribution is -2.37. The molecule has 1 atom stereocenters. The number of fused-ring (bicyclic) bond motifs is 1. The number of rotatable bonds is 5. The van der Waals surface area contributed by atoms with Crippen molar-refractivity contribution in [2.24, 2.45) is 0 Å². The SMILES string of the molecule is CC(=O)N1CCCC[C@@H]1c1cccnc1Oc1ccc(C(=O)c2nc3ccccc3[nH]2)cc1. The number of carbonyl (C=O) groups excluding carboxylic acids is 2. The fourth-order valence-electron chi connectivity index (χ4n) is 4.36. The molecule has 1 aliphatic rings. The number of hydrogen-bond donors (Lipinski definition) is 1. The maximum absolute atomic E-state index is 12.9. The third kappa shape index (κ3) is 4.22. The van der Waals surface area contributed by atoms with Crippen LogP contribution in [-0.4, -0.2) is 38.1 Å². The standard InChI is InChI=1S/C26H24N4O3/c1-17(31)30-16-5-4-10-23(30)20-7-6-15-27-26(20)33-19-13-11-18(12-14-19)24(32)25-28-21-8-2-3-9-22(21)29-25/h2-3,6-9,11-15,23H,4-5,10,16H2,1H3,(H,28,29)/t23-/m1/s1. The van der Waals surface area contributed by atoms with E-state index in [-0.39, 0.29) is 17.7 Å². The van der Waals surface area contributed by atoms with Crippen LogP contribution in [0, 0.1) is 0 Å². The predicted octanol–water partition coefficient (Wildman–Crippen LogP) is 5.05. The van der Waals surface area contributed by atoms with Crippen LogP contribution in [0.15, 0.2) is 66.9 Å². The lowest BCUT2D eigenvalue weighted by molar-refractivity contribution is -0.132. The summed E-state index contributed by atoms with van der Waals surface area (Å²) in [5.74, 6) is 1.23. The molecule has 1 saturated heterocycles. The summed E-state index contributed by atoms with van der Waals surface area (Å²) in [4.78, 5) is 38.8. The highest BCUT2D eigenvalue weighted by molar-refractivity contribution is 6.08. The van der Waals surface area contributed by atoms with Crippen LogP contribution in [-0.2, 0) is 4.79 Å². The zero-order valence-electron chi connectivity index (χ0n) is 18.3. The minimum Gasteiger partial charge on any atom is -0.439 e. The first-order valence-electron chi connectivity index (χ1n) is 11.1. The number of para-hydroxylation sites is 2. The molecule has 0 unspecified atom stereocenters. The maximum Gasteiger partial charge on any atom is 0.228 e. The normalized spacial score (nSPS) is 16.0. The number of carbonyl (C=O) groups is 2. The highest BCUT2D eigenvalue weighted by Gasteiger charge is 2.28. The Labute approximate surface area is 191 Å². The van der Waals surface area contributed by atoms with Gasteiger partial charge in [0.15, 0.2) is 5.82 Å². The molecule has 2 aromatic heterocycles. The molecule has 0 bridgehead atoms. The van der Waals surface area contributed by atoms with Gasteiger partial charge in [-0.15, -0.1) is 0 Å². The fraction of sp³-hybridized carbons (Fsp3) is 0.231. The van der Waals surface area contributed by atoms with Gasteiger partial charge in [0.25, 0.3) is 0 Å². The summed E-state index contributed by atoms with van der Waals surface area (Å²) in [5, 5.41) is 0. The number of aromatic nitrogens is 3. The molecule has 7 heteroatoms. The van der Waals surface area contributed by atoms with Crippen molar-refractivity contribution in [2.45, 2.75) is 32.2 Å². The maximum atomic E-state index is 12.9. The van der Waals surface area contributed by atoms with E-state index >= 15 is 0 Å². The van der Waals surface area contributed by atoms with Crippen LogP contribution in [0.2, 0.25) is 0 Å². The fourth-order valence-corrected chi connectivity index (χ4v) is 4.36. The number of ether oxygens (including phenoxy) is 1. The van der Waals surface area contributed by atoms with Gasteiger partial charge in [-0.2, -0.15) is 0 Å². The number of imidazole rings is 1. The number of hydrogen-bond acceptors (Lipinski definition) is 5. The molecule has 4 aromatic rings. The minimum absolute atomic E-state index is 0.0473. The lowest BCUT2D eigenvalue weighted by Gasteiger charge is -2.35. The Morgan fingerprint density at radius 2 is 1.85 bits per heavy atom. The molecular weight excluding hydrogens is 416 g/mol. The van der Waals surface area contributed by atoms with Crippen LogP contribution < -0.4 is 4.74 Å². The van der Waals surface area contributed by atoms with Gasteiger partial charge in [-0.25, -0.2) is 9.97 Å². The van der Waals surface area contributed by atoms with Gasteiger partial charge in [-0.1, -0.05) is 18.2 Å². The zero-order chi connectivity index (χ0) is 22.8. The predicted molar refractivity (Wildman–Crippen MR) is 124 cm³/mol. The van der Waals surface area contributed by atoms with Gasteiger partial charge >= 0.3 is 0 Å². The number of amides is 1. The second kappa shape index (κ2) is 8.86. The number of ketones is 1. The molecular formula is C26H24N4O3. The first-order valence-corrected chi connectivity index (χ1v) is 11.1. The summed E-state index contributed by atoms with van der Waals surface area (Å²) in [6, 6.07) is 18.3. The van der Waals surface area contributed by atoms with Crippen LogP contribution in [0.25, 0.3) is 11.0 Å². The van der Waals surface area contributed by atoms with Gasteiger partial charge in [-0.3, -0.25) is 9.59 Å². The Kier molecular flexibility index (Phi) is 5.60. The van der Waals surface area contributed by atoms with E-state index in [0.29, 0.717) is 23.0 Å². The van der Waals surface area contributed by atoms with E-state index < -0.39 is 0 Å². The average molecular weight is 441 g/mol. The van der Waals surface area contributed by atoms with Crippen LogP contribution in [0.1, 0.15) is 54.0 Å². The van der Waals surface area contributed by atoms with Crippen molar-refractivity contribution in [3.8, 4) is 11.6 Å². The van der Waals surface area contributed by atoms with Gasteiger partial charge in [-0.05, 0) is 61.7 Å². The summed E-state index contributed by atoms with van der Waals surface area (Å²) in [5.41, 5.74) is 2.99. The Morgan fingerprint density at radius 1 is 1.03 bits per heavy atom. The molecule has 7 nitrogen and oxygen atoms in total. The van der Waals surface area contributed by atoms with Crippen molar-refractivity contribution in [3.63, 3.8) is 0 Å². The Balaban J connectivity index is 1.37. The van der Waals surface area contributed by atoms with Crippen molar-refractivity contribution < 1.29 is 14.3 Å². The summed E-state index contributed by atoms with van der Waals surface area (Å²) >= 11 is 0. The van der Waals surface area contributed by atoms with Crippen LogP contribution in [0.3, 0.4) is 0 Å². The average Bonchev–Trinajstić information content (AvgIpc) is 3.29. The molecule has 0 radical (unpaired) electrons. The second-order valence-corrected chi connectivity index (χ2v) is 8.18. The molecule has 1 fully saturated rings. The summed E-state index contributed by atoms with van der Waals surface area (Å²) in [6.07, 6.45) is 4.63. The Morgan fingerprint density at radius 3 is 2.64 bits per heavy atom. The number of nitrogens with zero attached hydrogens (tertiary/aromatic N) is 3. The number of likely N-dealkylation sites (tertiary alicyclic amines) is 1. The number of aromatic amines is 1.